The molecule has 0 saturated heterocycles. The quantitative estimate of drug-likeness (QED) is 0.730. The number of aryl methyl sites for hydroxylation is 1. The second-order valence-electron chi connectivity index (χ2n) is 2.89. The zero-order chi connectivity index (χ0) is 10.6. The van der Waals surface area contributed by atoms with Crippen LogP contribution in [0.5, 0.6) is 0 Å². The van der Waals surface area contributed by atoms with Gasteiger partial charge in [0.2, 0.25) is 10.0 Å². The number of nitrogens with one attached hydrogen (secondary N) is 1. The van der Waals surface area contributed by atoms with E-state index in [0.29, 0.717) is 18.7 Å². The number of hydrogen-bond donors (Lipinski definition) is 2. The Morgan fingerprint density at radius 1 is 1.64 bits per heavy atom. The van der Waals surface area contributed by atoms with Crippen molar-refractivity contribution in [1.82, 2.24) is 5.16 Å². The molecule has 1 rings (SSSR count). The van der Waals surface area contributed by atoms with E-state index in [1.54, 1.807) is 6.92 Å². The highest BCUT2D eigenvalue weighted by Gasteiger charge is 2.11. The molecule has 0 radical (unpaired) electrons. The van der Waals surface area contributed by atoms with E-state index in [2.05, 4.69) is 9.88 Å². The Kier molecular flexibility index (Phi) is 3.48. The van der Waals surface area contributed by atoms with Crippen LogP contribution in [0.25, 0.3) is 0 Å². The maximum absolute atomic E-state index is 11.3. The van der Waals surface area contributed by atoms with Crippen molar-refractivity contribution in [1.29, 1.82) is 0 Å². The van der Waals surface area contributed by atoms with Gasteiger partial charge in [0.05, 0.1) is 5.75 Å². The summed E-state index contributed by atoms with van der Waals surface area (Å²) in [6.45, 7) is 2.03. The summed E-state index contributed by atoms with van der Waals surface area (Å²) in [7, 11) is -3.34. The molecule has 14 heavy (non-hydrogen) atoms. The summed E-state index contributed by atoms with van der Waals surface area (Å²) < 4.78 is 29.6. The average molecular weight is 219 g/mol. The minimum atomic E-state index is -3.34. The summed E-state index contributed by atoms with van der Waals surface area (Å²) in [4.78, 5) is 0. The Labute approximate surface area is 82.5 Å². The molecular formula is C7H13N3O3S. The first-order valence-electron chi connectivity index (χ1n) is 4.17. The van der Waals surface area contributed by atoms with Crippen LogP contribution in [0, 0.1) is 6.92 Å². The molecule has 0 unspecified atom stereocenters. The van der Waals surface area contributed by atoms with E-state index in [9.17, 15) is 8.42 Å². The lowest BCUT2D eigenvalue weighted by atomic mass is 10.5. The van der Waals surface area contributed by atoms with Crippen LogP contribution in [0.15, 0.2) is 10.6 Å². The van der Waals surface area contributed by atoms with Gasteiger partial charge in [0.15, 0.2) is 5.82 Å². The van der Waals surface area contributed by atoms with E-state index >= 15 is 0 Å². The fraction of sp³-hybridized carbons (Fsp3) is 0.571. The summed E-state index contributed by atoms with van der Waals surface area (Å²) >= 11 is 0. The molecule has 0 aliphatic carbocycles. The van der Waals surface area contributed by atoms with Crippen molar-refractivity contribution in [2.24, 2.45) is 5.73 Å². The average Bonchev–Trinajstić information content (AvgIpc) is 2.47. The molecule has 80 valence electrons. The number of nitrogens with zero attached hydrogens (tertiary/aromatic N) is 1. The molecule has 0 spiro atoms. The highest BCUT2D eigenvalue weighted by Crippen LogP contribution is 2.09. The minimum absolute atomic E-state index is 0.00456. The van der Waals surface area contributed by atoms with Crippen molar-refractivity contribution < 1.29 is 12.9 Å². The fourth-order valence-electron chi connectivity index (χ4n) is 0.898. The molecular weight excluding hydrogens is 206 g/mol. The first kappa shape index (κ1) is 11.0. The third kappa shape index (κ3) is 3.35. The molecule has 0 atom stereocenters. The highest BCUT2D eigenvalue weighted by molar-refractivity contribution is 7.92. The maximum Gasteiger partial charge on any atom is 0.234 e. The Hall–Kier alpha value is -1.08. The van der Waals surface area contributed by atoms with Gasteiger partial charge in [0, 0.05) is 6.07 Å². The van der Waals surface area contributed by atoms with E-state index < -0.39 is 10.0 Å². The first-order valence-corrected chi connectivity index (χ1v) is 5.82. The van der Waals surface area contributed by atoms with E-state index in [-0.39, 0.29) is 11.6 Å². The van der Waals surface area contributed by atoms with Crippen LogP contribution in [0.3, 0.4) is 0 Å². The van der Waals surface area contributed by atoms with E-state index in [1.807, 2.05) is 0 Å². The molecule has 0 bridgehead atoms. The molecule has 0 aliphatic heterocycles. The number of nitrogens with two attached hydrogens (primary N) is 1. The molecule has 0 amide bonds. The van der Waals surface area contributed by atoms with Gasteiger partial charge in [-0.3, -0.25) is 4.72 Å². The van der Waals surface area contributed by atoms with Gasteiger partial charge in [0.1, 0.15) is 5.76 Å². The van der Waals surface area contributed by atoms with Gasteiger partial charge in [-0.2, -0.15) is 0 Å². The monoisotopic (exact) mass is 219 g/mol. The van der Waals surface area contributed by atoms with E-state index in [0.717, 1.165) is 0 Å². The Balaban J connectivity index is 2.59. The van der Waals surface area contributed by atoms with Gasteiger partial charge in [-0.1, -0.05) is 5.16 Å². The lowest BCUT2D eigenvalue weighted by molar-refractivity contribution is 0.400. The summed E-state index contributed by atoms with van der Waals surface area (Å²) in [5.74, 6) is 0.760. The van der Waals surface area contributed by atoms with Crippen LogP contribution < -0.4 is 10.5 Å². The van der Waals surface area contributed by atoms with Crippen LogP contribution in [0.2, 0.25) is 0 Å². The smallest absolute Gasteiger partial charge is 0.234 e. The maximum atomic E-state index is 11.3. The van der Waals surface area contributed by atoms with Crippen molar-refractivity contribution in [2.75, 3.05) is 17.0 Å². The topological polar surface area (TPSA) is 98.2 Å². The van der Waals surface area contributed by atoms with Crippen LogP contribution in [0.1, 0.15) is 12.2 Å². The molecule has 3 N–H and O–H groups in total. The first-order chi connectivity index (χ1) is 6.53. The Morgan fingerprint density at radius 2 is 2.36 bits per heavy atom. The second-order valence-corrected chi connectivity index (χ2v) is 4.73. The van der Waals surface area contributed by atoms with E-state index in [4.69, 9.17) is 10.3 Å². The van der Waals surface area contributed by atoms with E-state index in [1.165, 1.54) is 6.07 Å². The van der Waals surface area contributed by atoms with Crippen molar-refractivity contribution in [3.63, 3.8) is 0 Å². The van der Waals surface area contributed by atoms with Crippen molar-refractivity contribution in [2.45, 2.75) is 13.3 Å². The van der Waals surface area contributed by atoms with Crippen LogP contribution >= 0.6 is 0 Å². The second kappa shape index (κ2) is 4.43. The Morgan fingerprint density at radius 3 is 2.86 bits per heavy atom. The molecule has 1 aromatic rings. The van der Waals surface area contributed by atoms with Gasteiger partial charge in [-0.25, -0.2) is 8.42 Å². The van der Waals surface area contributed by atoms with Crippen molar-refractivity contribution in [3.05, 3.63) is 11.8 Å². The van der Waals surface area contributed by atoms with Crippen molar-refractivity contribution >= 4 is 15.8 Å². The minimum Gasteiger partial charge on any atom is -0.360 e. The molecule has 1 aromatic heterocycles. The van der Waals surface area contributed by atoms with Crippen LogP contribution in [-0.2, 0) is 10.0 Å². The molecule has 0 aromatic carbocycles. The van der Waals surface area contributed by atoms with Crippen LogP contribution in [0.4, 0.5) is 5.82 Å². The predicted octanol–water partition coefficient (Wildman–Crippen LogP) is 0.0735. The standard InChI is InChI=1S/C7H13N3O3S/c1-6-5-7(9-13-6)10-14(11,12)4-2-3-8/h5H,2-4,8H2,1H3,(H,9,10). The highest BCUT2D eigenvalue weighted by atomic mass is 32.2. The number of sulfonamides is 1. The zero-order valence-electron chi connectivity index (χ0n) is 7.86. The Bertz CT molecular complexity index is 385. The van der Waals surface area contributed by atoms with Crippen molar-refractivity contribution in [3.8, 4) is 0 Å². The molecule has 0 fully saturated rings. The normalized spacial score (nSPS) is 11.6. The molecule has 1 heterocycles. The molecule has 7 heteroatoms. The third-order valence-corrected chi connectivity index (χ3v) is 2.85. The number of hydrogen-bond acceptors (Lipinski definition) is 5. The SMILES string of the molecule is Cc1cc(NS(=O)(=O)CCCN)no1. The summed E-state index contributed by atoms with van der Waals surface area (Å²) in [6.07, 6.45) is 0.423. The number of anilines is 1. The third-order valence-electron chi connectivity index (χ3n) is 1.51. The van der Waals surface area contributed by atoms with Crippen LogP contribution in [-0.4, -0.2) is 25.9 Å². The van der Waals surface area contributed by atoms with Gasteiger partial charge in [-0.15, -0.1) is 0 Å². The van der Waals surface area contributed by atoms with Gasteiger partial charge < -0.3 is 10.3 Å². The van der Waals surface area contributed by atoms with Gasteiger partial charge >= 0.3 is 0 Å². The molecule has 0 saturated carbocycles. The number of rotatable bonds is 5. The molecule has 6 nitrogen and oxygen atoms in total. The zero-order valence-corrected chi connectivity index (χ0v) is 8.67. The largest absolute Gasteiger partial charge is 0.360 e. The lowest BCUT2D eigenvalue weighted by Crippen LogP contribution is -2.19. The molecule has 0 aliphatic rings. The summed E-state index contributed by atoms with van der Waals surface area (Å²) in [5, 5.41) is 3.51. The predicted molar refractivity (Wildman–Crippen MR) is 52.3 cm³/mol. The summed E-state index contributed by atoms with van der Waals surface area (Å²) in [5.41, 5.74) is 5.21. The summed E-state index contributed by atoms with van der Waals surface area (Å²) in [6, 6.07) is 1.51. The fourth-order valence-corrected chi connectivity index (χ4v) is 1.96. The van der Waals surface area contributed by atoms with Gasteiger partial charge in [-0.05, 0) is 19.9 Å². The lowest BCUT2D eigenvalue weighted by Gasteiger charge is -2.02. The number of aromatic nitrogens is 1. The van der Waals surface area contributed by atoms with Gasteiger partial charge in [0.25, 0.3) is 0 Å².